The first-order valence-electron chi connectivity index (χ1n) is 10.9. The Morgan fingerprint density at radius 1 is 1.31 bits per heavy atom. The number of rotatable bonds is 9. The number of aliphatic imine (C=N–C) groups is 1. The maximum absolute atomic E-state index is 15.0. The van der Waals surface area contributed by atoms with E-state index in [0.717, 1.165) is 6.07 Å². The van der Waals surface area contributed by atoms with Crippen LogP contribution in [-0.2, 0) is 15.0 Å². The number of fused-ring (bicyclic) bond motifs is 1. The van der Waals surface area contributed by atoms with Crippen LogP contribution in [-0.4, -0.2) is 59.3 Å². The summed E-state index contributed by atoms with van der Waals surface area (Å²) in [6, 6.07) is 2.30. The van der Waals surface area contributed by atoms with E-state index in [1.54, 1.807) is 21.1 Å². The number of carbonyl (C=O) groups is 1. The van der Waals surface area contributed by atoms with Crippen molar-refractivity contribution in [3.8, 4) is 5.88 Å². The van der Waals surface area contributed by atoms with Gasteiger partial charge in [-0.1, -0.05) is 11.8 Å². The number of ether oxygens (including phenoxy) is 3. The van der Waals surface area contributed by atoms with E-state index in [9.17, 15) is 9.18 Å². The van der Waals surface area contributed by atoms with Crippen molar-refractivity contribution in [2.45, 2.75) is 36.7 Å². The Balaban J connectivity index is 1.55. The second kappa shape index (κ2) is 9.67. The Labute approximate surface area is 205 Å². The molecule has 2 unspecified atom stereocenters. The van der Waals surface area contributed by atoms with Gasteiger partial charge in [0, 0.05) is 37.5 Å². The van der Waals surface area contributed by atoms with E-state index in [2.05, 4.69) is 20.3 Å². The Morgan fingerprint density at radius 2 is 2.09 bits per heavy atom. The fourth-order valence-electron chi connectivity index (χ4n) is 4.33. The van der Waals surface area contributed by atoms with E-state index < -0.39 is 23.1 Å². The summed E-state index contributed by atoms with van der Waals surface area (Å²) in [6.45, 7) is 4.24. The molecule has 1 aliphatic carbocycles. The Kier molecular flexibility index (Phi) is 6.98. The standard InChI is InChI=1S/C23H27F2N5O4S/c1-12(33-4)10-34-18-9-27-16(8-28-18)20(31)29-13-5-14(19(25)15(24)6-13)22(2)17-7-23(17,11-32-3)35-21(26)30-22/h5-6,8-9,12,17H,7,10-11H2,1-4H3,(H2,26,30)(H,29,31)/t12?,17?,22-,23-/m1/s1. The minimum absolute atomic E-state index is 0.0149. The van der Waals surface area contributed by atoms with Gasteiger partial charge in [-0.25, -0.2) is 18.7 Å². The molecule has 0 radical (unpaired) electrons. The van der Waals surface area contributed by atoms with Crippen LogP contribution < -0.4 is 15.8 Å². The van der Waals surface area contributed by atoms with Crippen LogP contribution in [0.15, 0.2) is 29.5 Å². The Hall–Kier alpha value is -2.83. The molecular weight excluding hydrogens is 480 g/mol. The predicted molar refractivity (Wildman–Crippen MR) is 128 cm³/mol. The number of halogens is 2. The van der Waals surface area contributed by atoms with Crippen LogP contribution in [0.2, 0.25) is 0 Å². The zero-order valence-corrected chi connectivity index (χ0v) is 20.6. The third-order valence-corrected chi connectivity index (χ3v) is 7.58. The van der Waals surface area contributed by atoms with Crippen molar-refractivity contribution in [1.29, 1.82) is 0 Å². The van der Waals surface area contributed by atoms with Crippen molar-refractivity contribution in [2.75, 3.05) is 32.8 Å². The molecule has 4 atom stereocenters. The number of anilines is 1. The zero-order valence-electron chi connectivity index (χ0n) is 19.8. The van der Waals surface area contributed by atoms with E-state index in [-0.39, 0.29) is 51.4 Å². The van der Waals surface area contributed by atoms with Crippen molar-refractivity contribution >= 4 is 28.5 Å². The molecule has 0 bridgehead atoms. The van der Waals surface area contributed by atoms with Gasteiger partial charge in [0.25, 0.3) is 5.91 Å². The first-order chi connectivity index (χ1) is 16.6. The van der Waals surface area contributed by atoms with Gasteiger partial charge in [0.1, 0.15) is 12.3 Å². The summed E-state index contributed by atoms with van der Waals surface area (Å²) in [5, 5.41) is 2.84. The third kappa shape index (κ3) is 4.95. The lowest BCUT2D eigenvalue weighted by molar-refractivity contribution is 0.0697. The molecule has 4 rings (SSSR count). The summed E-state index contributed by atoms with van der Waals surface area (Å²) in [7, 11) is 3.15. The second-order valence-corrected chi connectivity index (χ2v) is 10.3. The zero-order chi connectivity index (χ0) is 25.4. The number of benzene rings is 1. The minimum Gasteiger partial charge on any atom is -0.474 e. The van der Waals surface area contributed by atoms with E-state index in [0.29, 0.717) is 13.0 Å². The van der Waals surface area contributed by atoms with Crippen LogP contribution in [0.4, 0.5) is 14.5 Å². The number of amides is 1. The van der Waals surface area contributed by atoms with Crippen molar-refractivity contribution in [3.63, 3.8) is 0 Å². The lowest BCUT2D eigenvalue weighted by Gasteiger charge is -2.34. The highest BCUT2D eigenvalue weighted by molar-refractivity contribution is 8.15. The fraction of sp³-hybridized carbons (Fsp3) is 0.478. The lowest BCUT2D eigenvalue weighted by Crippen LogP contribution is -2.38. The quantitative estimate of drug-likeness (QED) is 0.531. The minimum atomic E-state index is -1.11. The highest BCUT2D eigenvalue weighted by Gasteiger charge is 2.66. The molecule has 1 aromatic heterocycles. The number of carbonyl (C=O) groups excluding carboxylic acids is 1. The molecule has 0 spiro atoms. The van der Waals surface area contributed by atoms with Gasteiger partial charge in [0.2, 0.25) is 5.88 Å². The molecule has 0 saturated heterocycles. The topological polar surface area (TPSA) is 121 Å². The first kappa shape index (κ1) is 25.3. The van der Waals surface area contributed by atoms with Gasteiger partial charge < -0.3 is 25.3 Å². The monoisotopic (exact) mass is 507 g/mol. The number of nitrogens with two attached hydrogens (primary N) is 1. The van der Waals surface area contributed by atoms with Gasteiger partial charge in [0.15, 0.2) is 16.8 Å². The van der Waals surface area contributed by atoms with Crippen molar-refractivity contribution < 1.29 is 27.8 Å². The molecule has 2 aliphatic rings. The molecule has 1 aliphatic heterocycles. The van der Waals surface area contributed by atoms with Crippen LogP contribution in [0.3, 0.4) is 0 Å². The Bertz CT molecular complexity index is 1150. The molecule has 3 N–H and O–H groups in total. The summed E-state index contributed by atoms with van der Waals surface area (Å²) in [5.74, 6) is -2.65. The van der Waals surface area contributed by atoms with E-state index >= 15 is 4.39 Å². The number of methoxy groups -OCH3 is 2. The second-order valence-electron chi connectivity index (χ2n) is 8.83. The van der Waals surface area contributed by atoms with Gasteiger partial charge in [-0.3, -0.25) is 9.79 Å². The smallest absolute Gasteiger partial charge is 0.275 e. The lowest BCUT2D eigenvalue weighted by atomic mass is 9.85. The largest absolute Gasteiger partial charge is 0.474 e. The van der Waals surface area contributed by atoms with Gasteiger partial charge in [0.05, 0.1) is 35.4 Å². The molecule has 9 nitrogen and oxygen atoms in total. The normalized spacial score (nSPS) is 25.9. The molecule has 1 aromatic carbocycles. The number of aromatic nitrogens is 2. The molecular formula is C23H27F2N5O4S. The van der Waals surface area contributed by atoms with Crippen molar-refractivity contribution in [2.24, 2.45) is 16.6 Å². The Morgan fingerprint density at radius 3 is 2.74 bits per heavy atom. The van der Waals surface area contributed by atoms with Crippen LogP contribution in [0, 0.1) is 17.6 Å². The van der Waals surface area contributed by atoms with Crippen LogP contribution in [0.25, 0.3) is 0 Å². The van der Waals surface area contributed by atoms with Crippen LogP contribution in [0.1, 0.15) is 36.3 Å². The summed E-state index contributed by atoms with van der Waals surface area (Å²) in [6.07, 6.45) is 3.09. The molecule has 2 aromatic rings. The molecule has 1 saturated carbocycles. The molecule has 2 heterocycles. The highest BCUT2D eigenvalue weighted by atomic mass is 32.2. The van der Waals surface area contributed by atoms with Gasteiger partial charge >= 0.3 is 0 Å². The molecule has 1 amide bonds. The maximum atomic E-state index is 15.0. The molecule has 188 valence electrons. The number of amidine groups is 1. The number of hydrogen-bond donors (Lipinski definition) is 2. The third-order valence-electron chi connectivity index (χ3n) is 6.30. The van der Waals surface area contributed by atoms with Crippen molar-refractivity contribution in [3.05, 3.63) is 47.4 Å². The first-order valence-corrected chi connectivity index (χ1v) is 11.8. The van der Waals surface area contributed by atoms with Crippen molar-refractivity contribution in [1.82, 2.24) is 9.97 Å². The molecule has 1 fully saturated rings. The molecule has 35 heavy (non-hydrogen) atoms. The average Bonchev–Trinajstić information content (AvgIpc) is 3.54. The maximum Gasteiger partial charge on any atom is 0.275 e. The van der Waals surface area contributed by atoms with E-state index in [1.807, 2.05) is 6.92 Å². The fourth-order valence-corrected chi connectivity index (χ4v) is 5.78. The number of hydrogen-bond acceptors (Lipinski definition) is 9. The SMILES string of the molecule is COC[C@]12CC1[C@@](C)(c1cc(NC(=O)c3cnc(OCC(C)OC)cn3)cc(F)c1F)N=C(N)S2. The number of nitrogens with one attached hydrogen (secondary N) is 1. The average molecular weight is 508 g/mol. The molecule has 12 heteroatoms. The van der Waals surface area contributed by atoms with Crippen LogP contribution in [0.5, 0.6) is 5.88 Å². The predicted octanol–water partition coefficient (Wildman–Crippen LogP) is 3.10. The summed E-state index contributed by atoms with van der Waals surface area (Å²) < 4.78 is 45.2. The van der Waals surface area contributed by atoms with E-state index in [1.165, 1.54) is 30.2 Å². The van der Waals surface area contributed by atoms with Crippen LogP contribution >= 0.6 is 11.8 Å². The summed E-state index contributed by atoms with van der Waals surface area (Å²) >= 11 is 1.40. The number of thioether (sulfide) groups is 1. The van der Waals surface area contributed by atoms with Gasteiger partial charge in [-0.05, 0) is 26.3 Å². The summed E-state index contributed by atoms with van der Waals surface area (Å²) in [5.41, 5.74) is 5.00. The highest BCUT2D eigenvalue weighted by Crippen LogP contribution is 2.66. The number of nitrogens with zero attached hydrogens (tertiary/aromatic N) is 3. The van der Waals surface area contributed by atoms with Gasteiger partial charge in [-0.15, -0.1) is 0 Å². The summed E-state index contributed by atoms with van der Waals surface area (Å²) in [4.78, 5) is 25.3. The van der Waals surface area contributed by atoms with Gasteiger partial charge in [-0.2, -0.15) is 0 Å². The van der Waals surface area contributed by atoms with E-state index in [4.69, 9.17) is 19.9 Å².